The fraction of sp³-hybridized carbons (Fsp3) is 0.538. The number of aliphatic hydroxyl groups is 1. The molecular weight excluding hydrogens is 294 g/mol. The van der Waals surface area contributed by atoms with Gasteiger partial charge in [-0.3, -0.25) is 4.79 Å². The number of aliphatic hydroxyl groups excluding tert-OH is 1. The molecule has 1 saturated heterocycles. The summed E-state index contributed by atoms with van der Waals surface area (Å²) in [5, 5.41) is 10.3. The summed E-state index contributed by atoms with van der Waals surface area (Å²) in [6.45, 7) is 7.00. The lowest BCUT2D eigenvalue weighted by Crippen LogP contribution is -2.53. The monoisotopic (exact) mass is 311 g/mol. The van der Waals surface area contributed by atoms with E-state index >= 15 is 0 Å². The van der Waals surface area contributed by atoms with Crippen molar-refractivity contribution in [2.75, 3.05) is 31.1 Å². The van der Waals surface area contributed by atoms with Gasteiger partial charge in [0.15, 0.2) is 5.13 Å². The normalized spacial score (nSPS) is 15.7. The SMILES string of the molecule is CCN(CC)c1nc2sc(C(=O)N3CC(O)C3)cc2s1. The highest BCUT2D eigenvalue weighted by Gasteiger charge is 2.30. The maximum Gasteiger partial charge on any atom is 0.264 e. The second kappa shape index (κ2) is 5.31. The molecule has 1 amide bonds. The van der Waals surface area contributed by atoms with E-state index in [2.05, 4.69) is 23.7 Å². The van der Waals surface area contributed by atoms with Crippen LogP contribution in [0, 0.1) is 0 Å². The number of aromatic nitrogens is 1. The predicted molar refractivity (Wildman–Crippen MR) is 83.0 cm³/mol. The van der Waals surface area contributed by atoms with Crippen LogP contribution < -0.4 is 4.90 Å². The Morgan fingerprint density at radius 2 is 2.15 bits per heavy atom. The maximum atomic E-state index is 12.2. The zero-order chi connectivity index (χ0) is 14.3. The minimum absolute atomic E-state index is 0.00916. The summed E-state index contributed by atoms with van der Waals surface area (Å²) in [6, 6.07) is 1.93. The van der Waals surface area contributed by atoms with E-state index in [1.807, 2.05) is 6.07 Å². The van der Waals surface area contributed by atoms with Crippen LogP contribution in [0.4, 0.5) is 5.13 Å². The Balaban J connectivity index is 1.82. The predicted octanol–water partition coefficient (Wildman–Crippen LogP) is 2.02. The largest absolute Gasteiger partial charge is 0.389 e. The van der Waals surface area contributed by atoms with Crippen molar-refractivity contribution < 1.29 is 9.90 Å². The van der Waals surface area contributed by atoms with Crippen LogP contribution in [0.5, 0.6) is 0 Å². The van der Waals surface area contributed by atoms with E-state index in [0.717, 1.165) is 32.6 Å². The quantitative estimate of drug-likeness (QED) is 0.938. The van der Waals surface area contributed by atoms with Crippen LogP contribution in [0.25, 0.3) is 9.53 Å². The van der Waals surface area contributed by atoms with E-state index in [0.29, 0.717) is 13.1 Å². The first-order valence-corrected chi connectivity index (χ1v) is 8.38. The molecule has 0 aromatic carbocycles. The Hall–Kier alpha value is -1.18. The summed E-state index contributed by atoms with van der Waals surface area (Å²) >= 11 is 3.08. The van der Waals surface area contributed by atoms with E-state index in [4.69, 9.17) is 0 Å². The van der Waals surface area contributed by atoms with Crippen molar-refractivity contribution >= 4 is 43.2 Å². The Bertz CT molecular complexity index is 595. The maximum absolute atomic E-state index is 12.2. The van der Waals surface area contributed by atoms with Gasteiger partial charge in [0.25, 0.3) is 5.91 Å². The molecule has 0 bridgehead atoms. The minimum atomic E-state index is -0.354. The van der Waals surface area contributed by atoms with Gasteiger partial charge in [0.05, 0.1) is 15.7 Å². The zero-order valence-corrected chi connectivity index (χ0v) is 13.1. The van der Waals surface area contributed by atoms with E-state index in [-0.39, 0.29) is 12.0 Å². The number of β-amino-alcohol motifs (C(OH)–C–C–N with tert-alkyl or cyclic N) is 1. The number of fused-ring (bicyclic) bond motifs is 1. The average Bonchev–Trinajstić information content (AvgIpc) is 2.94. The first-order chi connectivity index (χ1) is 9.62. The molecule has 20 heavy (non-hydrogen) atoms. The van der Waals surface area contributed by atoms with Crippen LogP contribution in [-0.4, -0.2) is 53.2 Å². The fourth-order valence-electron chi connectivity index (χ4n) is 2.24. The number of hydrogen-bond acceptors (Lipinski definition) is 6. The molecule has 0 saturated carbocycles. The molecule has 3 rings (SSSR count). The zero-order valence-electron chi connectivity index (χ0n) is 11.5. The Kier molecular flexibility index (Phi) is 3.66. The van der Waals surface area contributed by atoms with Crippen molar-refractivity contribution in [2.45, 2.75) is 20.0 Å². The lowest BCUT2D eigenvalue weighted by molar-refractivity contribution is 0.00623. The van der Waals surface area contributed by atoms with Gasteiger partial charge in [0.2, 0.25) is 0 Å². The van der Waals surface area contributed by atoms with Gasteiger partial charge in [-0.05, 0) is 19.9 Å². The number of hydrogen-bond donors (Lipinski definition) is 1. The fourth-order valence-corrected chi connectivity index (χ4v) is 4.54. The van der Waals surface area contributed by atoms with Gasteiger partial charge in [0.1, 0.15) is 4.83 Å². The molecule has 1 aliphatic rings. The number of carbonyl (C=O) groups is 1. The topological polar surface area (TPSA) is 56.7 Å². The minimum Gasteiger partial charge on any atom is -0.389 e. The smallest absolute Gasteiger partial charge is 0.264 e. The Morgan fingerprint density at radius 1 is 1.45 bits per heavy atom. The third kappa shape index (κ3) is 2.30. The van der Waals surface area contributed by atoms with Crippen LogP contribution >= 0.6 is 22.7 Å². The molecule has 5 nitrogen and oxygen atoms in total. The molecule has 0 spiro atoms. The Labute approximate surface area is 125 Å². The molecule has 2 aromatic heterocycles. The van der Waals surface area contributed by atoms with Crippen LogP contribution in [-0.2, 0) is 0 Å². The molecule has 0 aliphatic carbocycles. The molecule has 108 valence electrons. The molecule has 0 radical (unpaired) electrons. The second-order valence-electron chi connectivity index (χ2n) is 4.81. The van der Waals surface area contributed by atoms with Gasteiger partial charge in [-0.25, -0.2) is 4.98 Å². The van der Waals surface area contributed by atoms with E-state index in [1.54, 1.807) is 16.2 Å². The van der Waals surface area contributed by atoms with Crippen LogP contribution in [0.15, 0.2) is 6.07 Å². The number of thiophene rings is 1. The highest BCUT2D eigenvalue weighted by molar-refractivity contribution is 7.29. The standard InChI is InChI=1S/C13H17N3O2S2/c1-3-15(4-2)13-14-11-9(20-13)5-10(19-11)12(18)16-6-8(17)7-16/h5,8,17H,3-4,6-7H2,1-2H3. The van der Waals surface area contributed by atoms with Crippen LogP contribution in [0.1, 0.15) is 23.5 Å². The van der Waals surface area contributed by atoms with Crippen molar-refractivity contribution in [1.29, 1.82) is 0 Å². The van der Waals surface area contributed by atoms with Gasteiger partial charge < -0.3 is 14.9 Å². The average molecular weight is 311 g/mol. The first-order valence-electron chi connectivity index (χ1n) is 6.75. The van der Waals surface area contributed by atoms with Crippen molar-refractivity contribution in [2.24, 2.45) is 0 Å². The van der Waals surface area contributed by atoms with Crippen LogP contribution in [0.2, 0.25) is 0 Å². The van der Waals surface area contributed by atoms with Gasteiger partial charge in [-0.2, -0.15) is 0 Å². The molecule has 7 heteroatoms. The third-order valence-electron chi connectivity index (χ3n) is 3.47. The summed E-state index contributed by atoms with van der Waals surface area (Å²) in [7, 11) is 0. The third-order valence-corrected chi connectivity index (χ3v) is 5.68. The van der Waals surface area contributed by atoms with Gasteiger partial charge in [0, 0.05) is 26.2 Å². The van der Waals surface area contributed by atoms with Crippen molar-refractivity contribution in [1.82, 2.24) is 9.88 Å². The number of nitrogens with zero attached hydrogens (tertiary/aromatic N) is 3. The molecule has 0 unspecified atom stereocenters. The first kappa shape index (κ1) is 13.8. The second-order valence-corrected chi connectivity index (χ2v) is 6.85. The van der Waals surface area contributed by atoms with Crippen molar-refractivity contribution in [3.05, 3.63) is 10.9 Å². The van der Waals surface area contributed by atoms with Crippen LogP contribution in [0.3, 0.4) is 0 Å². The number of rotatable bonds is 4. The number of carbonyl (C=O) groups excluding carboxylic acids is 1. The Morgan fingerprint density at radius 3 is 2.70 bits per heavy atom. The lowest BCUT2D eigenvalue weighted by atomic mass is 10.1. The summed E-state index contributed by atoms with van der Waals surface area (Å²) in [5.41, 5.74) is 0. The molecule has 3 heterocycles. The summed E-state index contributed by atoms with van der Waals surface area (Å²) in [6.07, 6.45) is -0.354. The number of amides is 1. The molecule has 1 N–H and O–H groups in total. The van der Waals surface area contributed by atoms with E-state index < -0.39 is 0 Å². The van der Waals surface area contributed by atoms with Gasteiger partial charge in [-0.15, -0.1) is 11.3 Å². The number of likely N-dealkylation sites (tertiary alicyclic amines) is 1. The molecule has 1 fully saturated rings. The van der Waals surface area contributed by atoms with Gasteiger partial charge in [-0.1, -0.05) is 11.3 Å². The summed E-state index contributed by atoms with van der Waals surface area (Å²) in [5.74, 6) is 0.00916. The molecule has 2 aromatic rings. The number of thiazole rings is 1. The van der Waals surface area contributed by atoms with Crippen molar-refractivity contribution in [3.8, 4) is 0 Å². The van der Waals surface area contributed by atoms with Gasteiger partial charge >= 0.3 is 0 Å². The lowest BCUT2D eigenvalue weighted by Gasteiger charge is -2.35. The molecular formula is C13H17N3O2S2. The molecule has 1 aliphatic heterocycles. The summed E-state index contributed by atoms with van der Waals surface area (Å²) in [4.78, 5) is 22.3. The highest BCUT2D eigenvalue weighted by atomic mass is 32.1. The van der Waals surface area contributed by atoms with E-state index in [1.165, 1.54) is 11.3 Å². The molecule has 0 atom stereocenters. The number of anilines is 1. The van der Waals surface area contributed by atoms with E-state index in [9.17, 15) is 9.90 Å². The van der Waals surface area contributed by atoms with Crippen molar-refractivity contribution in [3.63, 3.8) is 0 Å². The summed E-state index contributed by atoms with van der Waals surface area (Å²) < 4.78 is 1.07. The highest BCUT2D eigenvalue weighted by Crippen LogP contribution is 2.35.